The Hall–Kier alpha value is -4.14. The number of hydrogen-bond acceptors (Lipinski definition) is 9. The number of rotatable bonds is 15. The summed E-state index contributed by atoms with van der Waals surface area (Å²) >= 11 is 0. The average Bonchev–Trinajstić information content (AvgIpc) is 3.49. The minimum absolute atomic E-state index is 0.0448. The van der Waals surface area contributed by atoms with Gasteiger partial charge in [0.15, 0.2) is 6.10 Å². The van der Waals surface area contributed by atoms with Gasteiger partial charge in [-0.3, -0.25) is 14.4 Å². The summed E-state index contributed by atoms with van der Waals surface area (Å²) < 4.78 is 34.5. The Kier molecular flexibility index (Phi) is 12.8. The minimum atomic E-state index is -4.21. The molecular weight excluding hydrogens is 624 g/mol. The molecule has 0 radical (unpaired) electrons. The first-order chi connectivity index (χ1) is 21.9. The fourth-order valence-corrected chi connectivity index (χ4v) is 5.83. The number of carbonyl (C=O) groups is 3. The fraction of sp³-hybridized carbons (Fsp3) is 0.485. The van der Waals surface area contributed by atoms with Crippen LogP contribution >= 0.6 is 0 Å². The zero-order chi connectivity index (χ0) is 34.9. The quantitative estimate of drug-likeness (QED) is 0.162. The first kappa shape index (κ1) is 37.3. The standard InChI is InChI=1S/C33H46N6O7S/c1-20(2)16-25(28(41)32-38-37-31(46-32)23-13-9-8-10-14-23)36-29(42)22(4)35-30(43)26(18-27(40)34-19-33(5,6)7)39-47(44,45)24-15-11-12-21(3)17-24/h8-15,17,20,22,25-26,28,39,41H,16,18-19H2,1-7H3,(H,34,40)(H,35,43)(H,36,42)/t22-,25-,26-,28?/m0/s1. The third-order valence-corrected chi connectivity index (χ3v) is 8.49. The van der Waals surface area contributed by atoms with E-state index in [0.717, 1.165) is 0 Å². The second kappa shape index (κ2) is 16.1. The molecule has 0 aliphatic heterocycles. The fourth-order valence-electron chi connectivity index (χ4n) is 4.53. The molecule has 14 heteroatoms. The Morgan fingerprint density at radius 2 is 1.62 bits per heavy atom. The van der Waals surface area contributed by atoms with Crippen LogP contribution in [0.5, 0.6) is 0 Å². The number of aromatic nitrogens is 2. The van der Waals surface area contributed by atoms with Gasteiger partial charge in [-0.2, -0.15) is 4.72 Å². The van der Waals surface area contributed by atoms with Crippen molar-refractivity contribution in [2.24, 2.45) is 11.3 Å². The van der Waals surface area contributed by atoms with Crippen molar-refractivity contribution in [3.8, 4) is 11.5 Å². The van der Waals surface area contributed by atoms with Crippen molar-refractivity contribution >= 4 is 27.7 Å². The first-order valence-electron chi connectivity index (χ1n) is 15.5. The maximum absolute atomic E-state index is 13.4. The number of nitrogens with one attached hydrogen (secondary N) is 4. The number of aryl methyl sites for hydroxylation is 1. The van der Waals surface area contributed by atoms with E-state index < -0.39 is 58.4 Å². The van der Waals surface area contributed by atoms with E-state index in [1.54, 1.807) is 31.2 Å². The van der Waals surface area contributed by atoms with E-state index in [0.29, 0.717) is 24.1 Å². The highest BCUT2D eigenvalue weighted by molar-refractivity contribution is 7.89. The highest BCUT2D eigenvalue weighted by atomic mass is 32.2. The topological polar surface area (TPSA) is 193 Å². The Morgan fingerprint density at radius 1 is 0.936 bits per heavy atom. The average molecular weight is 671 g/mol. The molecule has 0 fully saturated rings. The Balaban J connectivity index is 1.75. The number of amides is 3. The molecule has 4 atom stereocenters. The van der Waals surface area contributed by atoms with Crippen LogP contribution in [0.2, 0.25) is 0 Å². The molecule has 3 rings (SSSR count). The molecule has 1 heterocycles. The molecule has 0 saturated heterocycles. The van der Waals surface area contributed by atoms with Crippen molar-refractivity contribution in [1.29, 1.82) is 0 Å². The summed E-state index contributed by atoms with van der Waals surface area (Å²) in [5.74, 6) is -1.90. The van der Waals surface area contributed by atoms with Crippen LogP contribution in [-0.2, 0) is 24.4 Å². The number of benzene rings is 2. The van der Waals surface area contributed by atoms with Crippen LogP contribution in [0.25, 0.3) is 11.5 Å². The van der Waals surface area contributed by atoms with E-state index in [9.17, 15) is 27.9 Å². The van der Waals surface area contributed by atoms with Gasteiger partial charge >= 0.3 is 0 Å². The Labute approximate surface area is 276 Å². The highest BCUT2D eigenvalue weighted by Crippen LogP contribution is 2.25. The third-order valence-electron chi connectivity index (χ3n) is 7.02. The van der Waals surface area contributed by atoms with Gasteiger partial charge in [-0.1, -0.05) is 65.0 Å². The molecule has 1 aromatic heterocycles. The van der Waals surface area contributed by atoms with Crippen LogP contribution in [0, 0.1) is 18.3 Å². The van der Waals surface area contributed by atoms with Crippen LogP contribution in [0.3, 0.4) is 0 Å². The summed E-state index contributed by atoms with van der Waals surface area (Å²) in [6.07, 6.45) is -1.52. The Bertz CT molecular complexity index is 1620. The molecule has 1 unspecified atom stereocenters. The van der Waals surface area contributed by atoms with Gasteiger partial charge in [-0.15, -0.1) is 10.2 Å². The van der Waals surface area contributed by atoms with Crippen LogP contribution in [-0.4, -0.2) is 66.1 Å². The second-order valence-electron chi connectivity index (χ2n) is 13.3. The molecule has 0 aliphatic rings. The van der Waals surface area contributed by atoms with E-state index in [2.05, 4.69) is 30.9 Å². The summed E-state index contributed by atoms with van der Waals surface area (Å²) in [7, 11) is -4.21. The van der Waals surface area contributed by atoms with Gasteiger partial charge in [0, 0.05) is 12.1 Å². The van der Waals surface area contributed by atoms with E-state index >= 15 is 0 Å². The number of carbonyl (C=O) groups excluding carboxylic acids is 3. The monoisotopic (exact) mass is 670 g/mol. The van der Waals surface area contributed by atoms with Crippen molar-refractivity contribution in [1.82, 2.24) is 30.9 Å². The normalized spacial score (nSPS) is 14.6. The third kappa shape index (κ3) is 11.6. The number of sulfonamides is 1. The van der Waals surface area contributed by atoms with Crippen LogP contribution < -0.4 is 20.7 Å². The number of nitrogens with zero attached hydrogens (tertiary/aromatic N) is 2. The molecule has 3 amide bonds. The van der Waals surface area contributed by atoms with Crippen molar-refractivity contribution in [2.45, 2.75) is 90.4 Å². The van der Waals surface area contributed by atoms with Crippen molar-refractivity contribution < 1.29 is 32.3 Å². The van der Waals surface area contributed by atoms with E-state index in [4.69, 9.17) is 4.42 Å². The maximum atomic E-state index is 13.4. The summed E-state index contributed by atoms with van der Waals surface area (Å²) in [5.41, 5.74) is 1.11. The van der Waals surface area contributed by atoms with Crippen LogP contribution in [0.15, 0.2) is 63.9 Å². The molecule has 13 nitrogen and oxygen atoms in total. The molecule has 47 heavy (non-hydrogen) atoms. The lowest BCUT2D eigenvalue weighted by Gasteiger charge is -2.26. The van der Waals surface area contributed by atoms with Gasteiger partial charge in [0.05, 0.1) is 17.4 Å². The number of aliphatic hydroxyl groups excluding tert-OH is 1. The second-order valence-corrected chi connectivity index (χ2v) is 15.0. The van der Waals surface area contributed by atoms with Crippen LogP contribution in [0.4, 0.5) is 0 Å². The van der Waals surface area contributed by atoms with E-state index in [1.807, 2.05) is 52.8 Å². The van der Waals surface area contributed by atoms with Gasteiger partial charge < -0.3 is 25.5 Å². The van der Waals surface area contributed by atoms with Gasteiger partial charge in [-0.05, 0) is 61.4 Å². The lowest BCUT2D eigenvalue weighted by molar-refractivity contribution is -0.131. The van der Waals surface area contributed by atoms with Crippen LogP contribution in [0.1, 0.15) is 71.9 Å². The summed E-state index contributed by atoms with van der Waals surface area (Å²) in [5, 5.41) is 27.1. The van der Waals surface area contributed by atoms with Gasteiger partial charge in [0.25, 0.3) is 0 Å². The van der Waals surface area contributed by atoms with Gasteiger partial charge in [-0.25, -0.2) is 8.42 Å². The smallest absolute Gasteiger partial charge is 0.247 e. The molecule has 0 spiro atoms. The number of aliphatic hydroxyl groups is 1. The van der Waals surface area contributed by atoms with Crippen molar-refractivity contribution in [2.75, 3.05) is 6.54 Å². The molecule has 0 saturated carbocycles. The zero-order valence-electron chi connectivity index (χ0n) is 27.9. The predicted octanol–water partition coefficient (Wildman–Crippen LogP) is 3.01. The van der Waals surface area contributed by atoms with Gasteiger partial charge in [0.1, 0.15) is 12.1 Å². The Morgan fingerprint density at radius 3 is 2.23 bits per heavy atom. The molecule has 256 valence electrons. The van der Waals surface area contributed by atoms with E-state index in [1.165, 1.54) is 19.1 Å². The molecular formula is C33H46N6O7S. The van der Waals surface area contributed by atoms with Crippen molar-refractivity contribution in [3.05, 3.63) is 66.1 Å². The highest BCUT2D eigenvalue weighted by Gasteiger charge is 2.33. The van der Waals surface area contributed by atoms with Crippen molar-refractivity contribution in [3.63, 3.8) is 0 Å². The molecule has 2 aromatic carbocycles. The lowest BCUT2D eigenvalue weighted by Crippen LogP contribution is -2.55. The molecule has 0 bridgehead atoms. The summed E-state index contributed by atoms with van der Waals surface area (Å²) in [6, 6.07) is 11.6. The summed E-state index contributed by atoms with van der Waals surface area (Å²) in [6.45, 7) is 13.0. The first-order valence-corrected chi connectivity index (χ1v) is 17.0. The molecule has 0 aliphatic carbocycles. The van der Waals surface area contributed by atoms with E-state index in [-0.39, 0.29) is 28.0 Å². The van der Waals surface area contributed by atoms with Gasteiger partial charge in [0.2, 0.25) is 39.5 Å². The summed E-state index contributed by atoms with van der Waals surface area (Å²) in [4.78, 5) is 39.5. The predicted molar refractivity (Wildman–Crippen MR) is 176 cm³/mol. The lowest BCUT2D eigenvalue weighted by atomic mass is 9.97. The molecule has 3 aromatic rings. The SMILES string of the molecule is Cc1cccc(S(=O)(=O)N[C@@H](CC(=O)NCC(C)(C)C)C(=O)N[C@@H](C)C(=O)N[C@@H](CC(C)C)C(O)c2nnc(-c3ccccc3)o2)c1. The zero-order valence-corrected chi connectivity index (χ0v) is 28.7. The molecule has 5 N–H and O–H groups in total. The maximum Gasteiger partial charge on any atom is 0.247 e. The minimum Gasteiger partial charge on any atom is -0.418 e. The largest absolute Gasteiger partial charge is 0.418 e. The number of hydrogen-bond donors (Lipinski definition) is 5.